The third kappa shape index (κ3) is 4.41. The highest BCUT2D eigenvalue weighted by molar-refractivity contribution is 5.83. The van der Waals surface area contributed by atoms with Crippen molar-refractivity contribution in [2.24, 2.45) is 4.99 Å². The van der Waals surface area contributed by atoms with Gasteiger partial charge >= 0.3 is 0 Å². The molecule has 0 saturated carbocycles. The minimum Gasteiger partial charge on any atom is -0.491 e. The first-order valence-electron chi connectivity index (χ1n) is 10.5. The fourth-order valence-electron chi connectivity index (χ4n) is 4.05. The number of aliphatic imine (C=N–C) groups is 1. The Labute approximate surface area is 176 Å². The van der Waals surface area contributed by atoms with Crippen LogP contribution in [0, 0.1) is 0 Å². The normalized spacial score (nSPS) is 22.7. The summed E-state index contributed by atoms with van der Waals surface area (Å²) in [6.45, 7) is 7.17. The number of benzene rings is 1. The average molecular weight is 415 g/mol. The van der Waals surface area contributed by atoms with Crippen LogP contribution in [0.2, 0.25) is 0 Å². The standard InChI is InChI=1S/C21H30N6O3/c1-14(2)30-15-4-5-17-16(10-15)21(25-24-17)18-11-19(23-13-22-18)27-7-6-26(8-9-29-3)20(28)12-27/h4-5,10,13-14,18-19H,6-9,11-12H2,1-3H3,(H,22,23)(H,24,25). The van der Waals surface area contributed by atoms with Crippen molar-refractivity contribution in [2.45, 2.75) is 38.6 Å². The van der Waals surface area contributed by atoms with Crippen LogP contribution < -0.4 is 10.1 Å². The largest absolute Gasteiger partial charge is 0.491 e. The second-order valence-corrected chi connectivity index (χ2v) is 8.04. The number of ether oxygens (including phenoxy) is 2. The van der Waals surface area contributed by atoms with Crippen molar-refractivity contribution in [1.29, 1.82) is 0 Å². The Morgan fingerprint density at radius 3 is 2.93 bits per heavy atom. The maximum atomic E-state index is 12.5. The average Bonchev–Trinajstić information content (AvgIpc) is 3.16. The molecule has 1 fully saturated rings. The number of H-pyrrole nitrogens is 1. The quantitative estimate of drug-likeness (QED) is 0.714. The topological polar surface area (TPSA) is 95.1 Å². The first-order valence-corrected chi connectivity index (χ1v) is 10.5. The first kappa shape index (κ1) is 20.6. The maximum absolute atomic E-state index is 12.5. The van der Waals surface area contributed by atoms with Crippen molar-refractivity contribution >= 4 is 23.1 Å². The zero-order chi connectivity index (χ0) is 21.1. The van der Waals surface area contributed by atoms with Crippen molar-refractivity contribution < 1.29 is 14.3 Å². The van der Waals surface area contributed by atoms with Crippen LogP contribution >= 0.6 is 0 Å². The minimum absolute atomic E-state index is 0.0504. The molecule has 3 heterocycles. The van der Waals surface area contributed by atoms with E-state index in [0.717, 1.165) is 35.3 Å². The summed E-state index contributed by atoms with van der Waals surface area (Å²) in [4.78, 5) is 21.2. The Hall–Kier alpha value is -2.65. The van der Waals surface area contributed by atoms with Crippen molar-refractivity contribution in [1.82, 2.24) is 25.3 Å². The number of nitrogens with one attached hydrogen (secondary N) is 2. The molecule has 0 aliphatic carbocycles. The summed E-state index contributed by atoms with van der Waals surface area (Å²) in [6, 6.07) is 5.87. The predicted octanol–water partition coefficient (Wildman–Crippen LogP) is 1.53. The molecule has 0 bridgehead atoms. The maximum Gasteiger partial charge on any atom is 0.236 e. The summed E-state index contributed by atoms with van der Waals surface area (Å²) >= 11 is 0. The number of aromatic amines is 1. The van der Waals surface area contributed by atoms with Crippen LogP contribution in [0.15, 0.2) is 23.2 Å². The Bertz CT molecular complexity index is 911. The molecule has 2 aliphatic rings. The molecule has 0 radical (unpaired) electrons. The van der Waals surface area contributed by atoms with Crippen LogP contribution in [-0.2, 0) is 9.53 Å². The van der Waals surface area contributed by atoms with E-state index in [1.807, 2.05) is 36.9 Å². The van der Waals surface area contributed by atoms with Crippen LogP contribution in [0.3, 0.4) is 0 Å². The molecule has 1 saturated heterocycles. The van der Waals surface area contributed by atoms with Crippen molar-refractivity contribution in [3.8, 4) is 5.75 Å². The molecule has 1 amide bonds. The molecular formula is C21H30N6O3. The second-order valence-electron chi connectivity index (χ2n) is 8.04. The van der Waals surface area contributed by atoms with E-state index >= 15 is 0 Å². The van der Waals surface area contributed by atoms with Gasteiger partial charge in [0.2, 0.25) is 5.91 Å². The Morgan fingerprint density at radius 2 is 2.17 bits per heavy atom. The molecule has 162 valence electrons. The lowest BCUT2D eigenvalue weighted by molar-refractivity contribution is -0.138. The van der Waals surface area contributed by atoms with Crippen LogP contribution in [0.5, 0.6) is 5.75 Å². The number of hydrogen-bond acceptors (Lipinski definition) is 7. The second kappa shape index (κ2) is 9.01. The number of amides is 1. The number of carbonyl (C=O) groups excluding carboxylic acids is 1. The van der Waals surface area contributed by atoms with Crippen LogP contribution in [0.1, 0.15) is 32.0 Å². The van der Waals surface area contributed by atoms with Gasteiger partial charge in [-0.05, 0) is 32.0 Å². The van der Waals surface area contributed by atoms with Gasteiger partial charge in [0.1, 0.15) is 5.75 Å². The van der Waals surface area contributed by atoms with Gasteiger partial charge in [0, 0.05) is 38.6 Å². The molecule has 4 rings (SSSR count). The summed E-state index contributed by atoms with van der Waals surface area (Å²) in [5.41, 5.74) is 1.88. The Morgan fingerprint density at radius 1 is 1.30 bits per heavy atom. The van der Waals surface area contributed by atoms with Gasteiger partial charge in [-0.3, -0.25) is 19.8 Å². The zero-order valence-electron chi connectivity index (χ0n) is 17.8. The van der Waals surface area contributed by atoms with E-state index in [2.05, 4.69) is 25.4 Å². The Balaban J connectivity index is 1.46. The smallest absolute Gasteiger partial charge is 0.236 e. The first-order chi connectivity index (χ1) is 14.5. The highest BCUT2D eigenvalue weighted by Gasteiger charge is 2.32. The molecule has 2 unspecified atom stereocenters. The molecule has 9 nitrogen and oxygen atoms in total. The van der Waals surface area contributed by atoms with E-state index in [4.69, 9.17) is 9.47 Å². The van der Waals surface area contributed by atoms with E-state index in [9.17, 15) is 4.79 Å². The van der Waals surface area contributed by atoms with Gasteiger partial charge in [0.15, 0.2) is 0 Å². The van der Waals surface area contributed by atoms with E-state index < -0.39 is 0 Å². The minimum atomic E-state index is -0.0582. The van der Waals surface area contributed by atoms with E-state index in [-0.39, 0.29) is 24.2 Å². The summed E-state index contributed by atoms with van der Waals surface area (Å²) in [5.74, 6) is 0.967. The molecular weight excluding hydrogens is 384 g/mol. The number of rotatable bonds is 7. The number of aromatic nitrogens is 2. The van der Waals surface area contributed by atoms with Gasteiger partial charge in [-0.15, -0.1) is 0 Å². The third-order valence-electron chi connectivity index (χ3n) is 5.58. The predicted molar refractivity (Wildman–Crippen MR) is 115 cm³/mol. The molecule has 2 atom stereocenters. The lowest BCUT2D eigenvalue weighted by atomic mass is 10.0. The lowest BCUT2D eigenvalue weighted by Gasteiger charge is -2.40. The van der Waals surface area contributed by atoms with Gasteiger partial charge in [-0.2, -0.15) is 5.10 Å². The SMILES string of the molecule is COCCN1CCN(C2CC(c3[nH]nc4ccc(OC(C)C)cc34)N=CN2)CC1=O. The van der Waals surface area contributed by atoms with Gasteiger partial charge in [-0.25, -0.2) is 0 Å². The van der Waals surface area contributed by atoms with Crippen LogP contribution in [0.4, 0.5) is 0 Å². The molecule has 1 aromatic carbocycles. The highest BCUT2D eigenvalue weighted by atomic mass is 16.5. The third-order valence-corrected chi connectivity index (χ3v) is 5.58. The van der Waals surface area contributed by atoms with E-state index in [1.54, 1.807) is 13.4 Å². The molecule has 9 heteroatoms. The number of piperazine rings is 1. The highest BCUT2D eigenvalue weighted by Crippen LogP contribution is 2.32. The Kier molecular flexibility index (Phi) is 6.19. The molecule has 30 heavy (non-hydrogen) atoms. The monoisotopic (exact) mass is 414 g/mol. The van der Waals surface area contributed by atoms with Gasteiger partial charge in [0.25, 0.3) is 0 Å². The zero-order valence-corrected chi connectivity index (χ0v) is 17.8. The van der Waals surface area contributed by atoms with Crippen molar-refractivity contribution in [3.63, 3.8) is 0 Å². The summed E-state index contributed by atoms with van der Waals surface area (Å²) in [5, 5.41) is 12.0. The molecule has 2 aliphatic heterocycles. The van der Waals surface area contributed by atoms with E-state index in [0.29, 0.717) is 26.2 Å². The van der Waals surface area contributed by atoms with E-state index in [1.165, 1.54) is 0 Å². The van der Waals surface area contributed by atoms with Gasteiger partial charge < -0.3 is 19.7 Å². The molecule has 1 aromatic heterocycles. The molecule has 0 spiro atoms. The summed E-state index contributed by atoms with van der Waals surface area (Å²) in [7, 11) is 1.66. The lowest BCUT2D eigenvalue weighted by Crippen LogP contribution is -2.58. The number of methoxy groups -OCH3 is 1. The summed E-state index contributed by atoms with van der Waals surface area (Å²) in [6.07, 6.45) is 2.67. The van der Waals surface area contributed by atoms with Crippen LogP contribution in [-0.4, -0.2) is 84.4 Å². The van der Waals surface area contributed by atoms with Crippen LogP contribution in [0.25, 0.3) is 10.9 Å². The van der Waals surface area contributed by atoms with Crippen molar-refractivity contribution in [3.05, 3.63) is 23.9 Å². The number of fused-ring (bicyclic) bond motifs is 1. The fraction of sp³-hybridized carbons (Fsp3) is 0.571. The number of hydrogen-bond donors (Lipinski definition) is 2. The van der Waals surface area contributed by atoms with Gasteiger partial charge in [-0.1, -0.05) is 0 Å². The summed E-state index contributed by atoms with van der Waals surface area (Å²) < 4.78 is 10.9. The molecule has 2 aromatic rings. The van der Waals surface area contributed by atoms with Gasteiger partial charge in [0.05, 0.1) is 49.0 Å². The number of carbonyl (C=O) groups is 1. The number of nitrogens with zero attached hydrogens (tertiary/aromatic N) is 4. The molecule has 2 N–H and O–H groups in total. The van der Waals surface area contributed by atoms with Crippen molar-refractivity contribution in [2.75, 3.05) is 39.9 Å². The fourth-order valence-corrected chi connectivity index (χ4v) is 4.05.